The predicted octanol–water partition coefficient (Wildman–Crippen LogP) is 0.981. The van der Waals surface area contributed by atoms with E-state index in [1.807, 2.05) is 42.5 Å². The van der Waals surface area contributed by atoms with Crippen LogP contribution in [0.5, 0.6) is 5.88 Å². The minimum Gasteiger partial charge on any atom is -0.494 e. The fourth-order valence-electron chi connectivity index (χ4n) is 4.18. The molecule has 0 bridgehead atoms. The van der Waals surface area contributed by atoms with Crippen molar-refractivity contribution in [3.63, 3.8) is 0 Å². The van der Waals surface area contributed by atoms with Crippen LogP contribution in [0.15, 0.2) is 69.1 Å². The highest BCUT2D eigenvalue weighted by molar-refractivity contribution is 5.75. The number of pyridine rings is 1. The Hall–Kier alpha value is -4.47. The first-order chi connectivity index (χ1) is 16.4. The van der Waals surface area contributed by atoms with Gasteiger partial charge in [-0.3, -0.25) is 28.3 Å². The third kappa shape index (κ3) is 3.31. The molecule has 0 unspecified atom stereocenters. The molecular formula is C24H22N6O4. The van der Waals surface area contributed by atoms with Gasteiger partial charge in [-0.1, -0.05) is 36.4 Å². The highest BCUT2D eigenvalue weighted by Gasteiger charge is 2.24. The monoisotopic (exact) mass is 458 g/mol. The van der Waals surface area contributed by atoms with Crippen LogP contribution in [-0.4, -0.2) is 33.2 Å². The minimum absolute atomic E-state index is 0.00880. The third-order valence-electron chi connectivity index (χ3n) is 6.01. The van der Waals surface area contributed by atoms with Gasteiger partial charge >= 0.3 is 5.69 Å². The lowest BCUT2D eigenvalue weighted by Gasteiger charge is -2.14. The molecule has 0 atom stereocenters. The van der Waals surface area contributed by atoms with Crippen LogP contribution in [0.25, 0.3) is 16.9 Å². The summed E-state index contributed by atoms with van der Waals surface area (Å²) in [4.78, 5) is 47.9. The second-order valence-electron chi connectivity index (χ2n) is 8.13. The summed E-state index contributed by atoms with van der Waals surface area (Å²) < 4.78 is 4.86. The maximum absolute atomic E-state index is 13.6. The normalized spacial score (nSPS) is 11.5. The molecule has 1 aromatic carbocycles. The lowest BCUT2D eigenvalue weighted by Crippen LogP contribution is -2.38. The number of benzene rings is 1. The van der Waals surface area contributed by atoms with Crippen molar-refractivity contribution in [3.8, 4) is 5.88 Å². The molecule has 0 aliphatic heterocycles. The Labute approximate surface area is 192 Å². The standard InChI is InChI=1S/C24H22N6O4/c1-27-19-18(22(33)28(2)24(27)34)30-21(32)17(12-11-16-10-6-7-13-25-16)20(31)29(23(30)26-19)14-15-8-4-3-5-9-15/h3-10,13,31H,11-12,14H2,1-2H3. The maximum Gasteiger partial charge on any atom is 0.332 e. The minimum atomic E-state index is -0.629. The molecule has 10 heteroatoms. The number of hydrogen-bond acceptors (Lipinski definition) is 6. The number of fused-ring (bicyclic) bond motifs is 3. The molecule has 0 fully saturated rings. The molecule has 34 heavy (non-hydrogen) atoms. The Morgan fingerprint density at radius 2 is 1.62 bits per heavy atom. The summed E-state index contributed by atoms with van der Waals surface area (Å²) in [5.41, 5.74) is 0.115. The van der Waals surface area contributed by atoms with Crippen LogP contribution in [0.4, 0.5) is 0 Å². The molecule has 0 aliphatic carbocycles. The average Bonchev–Trinajstić information content (AvgIpc) is 3.26. The van der Waals surface area contributed by atoms with Crippen molar-refractivity contribution in [2.24, 2.45) is 14.1 Å². The Kier molecular flexibility index (Phi) is 5.12. The largest absolute Gasteiger partial charge is 0.494 e. The van der Waals surface area contributed by atoms with E-state index in [4.69, 9.17) is 0 Å². The van der Waals surface area contributed by atoms with Gasteiger partial charge in [0.1, 0.15) is 0 Å². The van der Waals surface area contributed by atoms with E-state index in [1.54, 1.807) is 12.3 Å². The smallest absolute Gasteiger partial charge is 0.332 e. The molecular weight excluding hydrogens is 436 g/mol. The Morgan fingerprint density at radius 3 is 2.32 bits per heavy atom. The first kappa shape index (κ1) is 21.4. The first-order valence-electron chi connectivity index (χ1n) is 10.7. The molecule has 0 saturated heterocycles. The summed E-state index contributed by atoms with van der Waals surface area (Å²) in [5.74, 6) is -0.143. The van der Waals surface area contributed by atoms with Crippen molar-refractivity contribution in [2.75, 3.05) is 0 Å². The van der Waals surface area contributed by atoms with Crippen LogP contribution in [0.1, 0.15) is 16.8 Å². The molecule has 4 heterocycles. The molecule has 0 spiro atoms. The zero-order valence-corrected chi connectivity index (χ0v) is 18.7. The van der Waals surface area contributed by atoms with Crippen molar-refractivity contribution in [2.45, 2.75) is 19.4 Å². The number of nitrogens with zero attached hydrogens (tertiary/aromatic N) is 6. The highest BCUT2D eigenvalue weighted by Crippen LogP contribution is 2.22. The quantitative estimate of drug-likeness (QED) is 0.420. The van der Waals surface area contributed by atoms with Crippen LogP contribution in [0, 0.1) is 0 Å². The summed E-state index contributed by atoms with van der Waals surface area (Å²) in [5, 5.41) is 11.2. The van der Waals surface area contributed by atoms with Crippen LogP contribution in [0.3, 0.4) is 0 Å². The first-order valence-corrected chi connectivity index (χ1v) is 10.7. The van der Waals surface area contributed by atoms with E-state index in [9.17, 15) is 19.5 Å². The molecule has 0 aliphatic rings. The van der Waals surface area contributed by atoms with Gasteiger partial charge in [-0.25, -0.2) is 9.20 Å². The molecule has 0 saturated carbocycles. The number of hydrogen-bond donors (Lipinski definition) is 1. The second-order valence-corrected chi connectivity index (χ2v) is 8.13. The second kappa shape index (κ2) is 8.14. The fourth-order valence-corrected chi connectivity index (χ4v) is 4.18. The van der Waals surface area contributed by atoms with Crippen molar-refractivity contribution < 1.29 is 5.11 Å². The van der Waals surface area contributed by atoms with E-state index in [-0.39, 0.29) is 41.4 Å². The predicted molar refractivity (Wildman–Crippen MR) is 126 cm³/mol. The van der Waals surface area contributed by atoms with Crippen LogP contribution < -0.4 is 16.8 Å². The van der Waals surface area contributed by atoms with Gasteiger partial charge < -0.3 is 5.11 Å². The fraction of sp³-hybridized carbons (Fsp3) is 0.208. The van der Waals surface area contributed by atoms with Crippen LogP contribution in [0.2, 0.25) is 0 Å². The van der Waals surface area contributed by atoms with E-state index < -0.39 is 16.8 Å². The third-order valence-corrected chi connectivity index (χ3v) is 6.01. The summed E-state index contributed by atoms with van der Waals surface area (Å²) in [6.45, 7) is 0.213. The molecule has 172 valence electrons. The van der Waals surface area contributed by atoms with Crippen molar-refractivity contribution >= 4 is 16.9 Å². The van der Waals surface area contributed by atoms with E-state index in [2.05, 4.69) is 9.97 Å². The van der Waals surface area contributed by atoms with Gasteiger partial charge in [-0.15, -0.1) is 0 Å². The van der Waals surface area contributed by atoms with Crippen molar-refractivity contribution in [1.82, 2.24) is 28.1 Å². The molecule has 10 nitrogen and oxygen atoms in total. The van der Waals surface area contributed by atoms with Gasteiger partial charge in [0.2, 0.25) is 11.7 Å². The molecule has 5 rings (SSSR count). The number of aryl methyl sites for hydroxylation is 2. The van der Waals surface area contributed by atoms with E-state index >= 15 is 0 Å². The Bertz CT molecular complexity index is 1710. The van der Waals surface area contributed by atoms with Gasteiger partial charge in [0, 0.05) is 26.0 Å². The van der Waals surface area contributed by atoms with Gasteiger partial charge in [-0.2, -0.15) is 4.98 Å². The number of rotatable bonds is 5. The maximum atomic E-state index is 13.6. The lowest BCUT2D eigenvalue weighted by molar-refractivity contribution is 0.411. The summed E-state index contributed by atoms with van der Waals surface area (Å²) in [7, 11) is 2.85. The molecule has 0 amide bonds. The lowest BCUT2D eigenvalue weighted by atomic mass is 10.1. The van der Waals surface area contributed by atoms with Gasteiger partial charge in [0.15, 0.2) is 11.2 Å². The van der Waals surface area contributed by atoms with E-state index in [0.29, 0.717) is 6.42 Å². The van der Waals surface area contributed by atoms with Gasteiger partial charge in [0.05, 0.1) is 12.1 Å². The SMILES string of the molecule is Cn1c(=O)c2c(nc3n(Cc4ccccc4)c(O)c(CCc4ccccn4)c(=O)n23)n(C)c1=O. The molecule has 5 aromatic rings. The zero-order valence-electron chi connectivity index (χ0n) is 18.7. The van der Waals surface area contributed by atoms with Crippen LogP contribution in [-0.2, 0) is 33.5 Å². The number of imidazole rings is 1. The van der Waals surface area contributed by atoms with Gasteiger partial charge in [-0.05, 0) is 30.5 Å². The van der Waals surface area contributed by atoms with Crippen LogP contribution >= 0.6 is 0 Å². The summed E-state index contributed by atoms with van der Waals surface area (Å²) in [6.07, 6.45) is 2.29. The van der Waals surface area contributed by atoms with Gasteiger partial charge in [0.25, 0.3) is 11.1 Å². The van der Waals surface area contributed by atoms with E-state index in [0.717, 1.165) is 15.8 Å². The number of aromatic hydroxyl groups is 1. The van der Waals surface area contributed by atoms with Crippen molar-refractivity contribution in [3.05, 3.63) is 103 Å². The van der Waals surface area contributed by atoms with E-state index in [1.165, 1.54) is 27.6 Å². The van der Waals surface area contributed by atoms with Crippen molar-refractivity contribution in [1.29, 1.82) is 0 Å². The summed E-state index contributed by atoms with van der Waals surface area (Å²) >= 11 is 0. The Balaban J connectivity index is 1.83. The number of aromatic nitrogens is 6. The Morgan fingerprint density at radius 1 is 0.882 bits per heavy atom. The average molecular weight is 458 g/mol. The highest BCUT2D eigenvalue weighted by atomic mass is 16.3. The molecule has 0 radical (unpaired) electrons. The summed E-state index contributed by atoms with van der Waals surface area (Å²) in [6, 6.07) is 14.9. The molecule has 4 aromatic heterocycles. The zero-order chi connectivity index (χ0) is 24.0. The topological polar surface area (TPSA) is 116 Å². The molecule has 1 N–H and O–H groups in total.